The maximum Gasteiger partial charge on any atom is 0.220 e. The van der Waals surface area contributed by atoms with Crippen LogP contribution >= 0.6 is 11.8 Å². The minimum Gasteiger partial charge on any atom is -1.00 e. The molecule has 0 aliphatic rings. The van der Waals surface area contributed by atoms with Crippen molar-refractivity contribution >= 4 is 17.7 Å². The minimum atomic E-state index is 0. The quantitative estimate of drug-likeness (QED) is 0.0913. The molecule has 0 aromatic carbocycles. The number of thioether (sulfide) groups is 1. The molecule has 3 nitrogen and oxygen atoms in total. The van der Waals surface area contributed by atoms with Gasteiger partial charge in [0.2, 0.25) is 5.91 Å². The second-order valence-corrected chi connectivity index (χ2v) is 12.0. The van der Waals surface area contributed by atoms with Gasteiger partial charge in [0.05, 0.1) is 34.2 Å². The van der Waals surface area contributed by atoms with Gasteiger partial charge in [0.1, 0.15) is 0 Å². The number of rotatable bonds is 25. The Morgan fingerprint density at radius 3 is 1.45 bits per heavy atom. The third-order valence-corrected chi connectivity index (χ3v) is 7.34. The van der Waals surface area contributed by atoms with Crippen LogP contribution in [0.4, 0.5) is 0 Å². The number of likely N-dealkylation sites (N-methyl/N-ethyl adjacent to an activating group) is 1. The lowest BCUT2D eigenvalue weighted by atomic mass is 10.0. The van der Waals surface area contributed by atoms with Crippen LogP contribution in [0.15, 0.2) is 0 Å². The predicted octanol–water partition coefficient (Wildman–Crippen LogP) is 4.98. The van der Waals surface area contributed by atoms with E-state index in [-0.39, 0.29) is 29.9 Å². The lowest BCUT2D eigenvalue weighted by Gasteiger charge is -2.23. The van der Waals surface area contributed by atoms with Crippen LogP contribution in [0.5, 0.6) is 0 Å². The van der Waals surface area contributed by atoms with Gasteiger partial charge in [-0.2, -0.15) is 11.8 Å². The van der Waals surface area contributed by atoms with Crippen molar-refractivity contribution in [2.24, 2.45) is 0 Å². The van der Waals surface area contributed by atoms with E-state index in [0.717, 1.165) is 24.0 Å². The fourth-order valence-corrected chi connectivity index (χ4v) is 4.98. The van der Waals surface area contributed by atoms with E-state index in [4.69, 9.17) is 0 Å². The number of nitrogens with one attached hydrogen (secondary N) is 1. The average Bonchev–Trinajstić information content (AvgIpc) is 2.74. The minimum absolute atomic E-state index is 0. The van der Waals surface area contributed by atoms with E-state index >= 15 is 0 Å². The second kappa shape index (κ2) is 27.1. The van der Waals surface area contributed by atoms with Gasteiger partial charge < -0.3 is 33.8 Å². The summed E-state index contributed by atoms with van der Waals surface area (Å²) in [6.45, 7) is 4.07. The van der Waals surface area contributed by atoms with Gasteiger partial charge in [0, 0.05) is 6.42 Å². The van der Waals surface area contributed by atoms with Gasteiger partial charge in [-0.15, -0.1) is 0 Å². The maximum atomic E-state index is 11.8. The highest BCUT2D eigenvalue weighted by Gasteiger charge is 2.07. The highest BCUT2D eigenvalue weighted by atomic mass is 127. The number of hydrogen-bond donors (Lipinski definition) is 1. The Morgan fingerprint density at radius 2 is 1.03 bits per heavy atom. The number of amides is 1. The van der Waals surface area contributed by atoms with Crippen LogP contribution in [0.3, 0.4) is 0 Å². The van der Waals surface area contributed by atoms with E-state index in [1.807, 2.05) is 0 Å². The van der Waals surface area contributed by atoms with E-state index in [2.05, 4.69) is 45.1 Å². The van der Waals surface area contributed by atoms with Gasteiger partial charge >= 0.3 is 0 Å². The van der Waals surface area contributed by atoms with Crippen molar-refractivity contribution in [3.8, 4) is 0 Å². The fraction of sp³-hybridized carbons (Fsp3) is 0.964. The molecule has 0 saturated heterocycles. The van der Waals surface area contributed by atoms with Gasteiger partial charge in [-0.1, -0.05) is 103 Å². The van der Waals surface area contributed by atoms with Crippen LogP contribution in [0.1, 0.15) is 129 Å². The highest BCUT2D eigenvalue weighted by molar-refractivity contribution is 7.99. The van der Waals surface area contributed by atoms with Crippen molar-refractivity contribution in [3.05, 3.63) is 0 Å². The number of carbonyl (C=O) groups excluding carboxylic acids is 1. The Morgan fingerprint density at radius 1 is 0.636 bits per heavy atom. The summed E-state index contributed by atoms with van der Waals surface area (Å²) in [5.41, 5.74) is 0. The largest absolute Gasteiger partial charge is 1.00 e. The lowest BCUT2D eigenvalue weighted by molar-refractivity contribution is -0.869. The molecule has 0 fully saturated rings. The lowest BCUT2D eigenvalue weighted by Crippen LogP contribution is -3.00. The molecule has 0 rings (SSSR count). The molecule has 0 aromatic heterocycles. The molecule has 0 saturated carbocycles. The Labute approximate surface area is 230 Å². The first kappa shape index (κ1) is 35.7. The first-order chi connectivity index (χ1) is 15.5. The standard InChI is InChI=1S/C28H58N2OS.HI/c1-5-6-7-8-9-10-11-12-13-14-15-16-17-18-19-21-26-32-27-22-20-23-28(31)29-24-25-30(2,3)4;/h5-27H2,1-4H3;1H. The molecule has 0 aromatic rings. The van der Waals surface area contributed by atoms with E-state index in [1.54, 1.807) is 0 Å². The number of carbonyl (C=O) groups is 1. The van der Waals surface area contributed by atoms with E-state index < -0.39 is 0 Å². The number of unbranched alkanes of at least 4 members (excludes halogenated alkanes) is 16. The molecule has 0 aliphatic heterocycles. The summed E-state index contributed by atoms with van der Waals surface area (Å²) in [4.78, 5) is 11.8. The Bertz CT molecular complexity index is 402. The summed E-state index contributed by atoms with van der Waals surface area (Å²) >= 11 is 2.08. The molecule has 0 spiro atoms. The monoisotopic (exact) mass is 598 g/mol. The predicted molar refractivity (Wildman–Crippen MR) is 147 cm³/mol. The first-order valence-electron chi connectivity index (χ1n) is 14.1. The zero-order valence-electron chi connectivity index (χ0n) is 22.9. The van der Waals surface area contributed by atoms with Crippen molar-refractivity contribution in [2.45, 2.75) is 129 Å². The average molecular weight is 599 g/mol. The number of halogens is 1. The van der Waals surface area contributed by atoms with Gasteiger partial charge in [-0.25, -0.2) is 0 Å². The molecule has 0 unspecified atom stereocenters. The molecular formula is C28H59IN2OS. The molecule has 0 heterocycles. The zero-order valence-corrected chi connectivity index (χ0v) is 25.9. The van der Waals surface area contributed by atoms with Crippen LogP contribution in [0, 0.1) is 0 Å². The summed E-state index contributed by atoms with van der Waals surface area (Å²) in [5, 5.41) is 3.04. The number of hydrogen-bond acceptors (Lipinski definition) is 2. The summed E-state index contributed by atoms with van der Waals surface area (Å²) < 4.78 is 0.899. The first-order valence-corrected chi connectivity index (χ1v) is 15.3. The van der Waals surface area contributed by atoms with E-state index in [0.29, 0.717) is 6.42 Å². The van der Waals surface area contributed by atoms with Crippen LogP contribution in [0.2, 0.25) is 0 Å². The van der Waals surface area contributed by atoms with Gasteiger partial charge in [0.15, 0.2) is 0 Å². The van der Waals surface area contributed by atoms with Crippen LogP contribution in [-0.2, 0) is 4.79 Å². The second-order valence-electron chi connectivity index (χ2n) is 10.7. The SMILES string of the molecule is CCCCCCCCCCCCCCCCCCSCCCCC(=O)NCC[N+](C)(C)C.[I-]. The molecule has 0 aliphatic carbocycles. The molecule has 5 heteroatoms. The van der Waals surface area contributed by atoms with Gasteiger partial charge in [0.25, 0.3) is 0 Å². The van der Waals surface area contributed by atoms with Crippen LogP contribution in [0.25, 0.3) is 0 Å². The van der Waals surface area contributed by atoms with Gasteiger partial charge in [-0.3, -0.25) is 4.79 Å². The summed E-state index contributed by atoms with van der Waals surface area (Å²) in [6, 6.07) is 0. The van der Waals surface area contributed by atoms with E-state index in [9.17, 15) is 4.79 Å². The normalized spacial score (nSPS) is 11.4. The zero-order chi connectivity index (χ0) is 23.8. The van der Waals surface area contributed by atoms with Crippen molar-refractivity contribution in [3.63, 3.8) is 0 Å². The summed E-state index contributed by atoms with van der Waals surface area (Å²) in [7, 11) is 6.47. The smallest absolute Gasteiger partial charge is 0.220 e. The van der Waals surface area contributed by atoms with Crippen LogP contribution in [-0.4, -0.2) is 56.1 Å². The third kappa shape index (κ3) is 32.5. The molecule has 33 heavy (non-hydrogen) atoms. The summed E-state index contributed by atoms with van der Waals surface area (Å²) in [6.07, 6.45) is 25.9. The topological polar surface area (TPSA) is 29.1 Å². The molecular weight excluding hydrogens is 539 g/mol. The fourth-order valence-electron chi connectivity index (χ4n) is 3.96. The van der Waals surface area contributed by atoms with Crippen molar-refractivity contribution in [1.29, 1.82) is 0 Å². The van der Waals surface area contributed by atoms with Crippen molar-refractivity contribution in [2.75, 3.05) is 45.7 Å². The molecule has 1 N–H and O–H groups in total. The highest BCUT2D eigenvalue weighted by Crippen LogP contribution is 2.15. The number of quaternary nitrogens is 1. The Balaban J connectivity index is 0. The molecule has 0 bridgehead atoms. The molecule has 1 amide bonds. The summed E-state index contributed by atoms with van der Waals surface area (Å²) in [5.74, 6) is 2.74. The molecule has 0 atom stereocenters. The van der Waals surface area contributed by atoms with Crippen LogP contribution < -0.4 is 29.3 Å². The molecule has 200 valence electrons. The maximum absolute atomic E-state index is 11.8. The van der Waals surface area contributed by atoms with E-state index in [1.165, 1.54) is 121 Å². The van der Waals surface area contributed by atoms with Crippen molar-refractivity contribution in [1.82, 2.24) is 5.32 Å². The Hall–Kier alpha value is 0.510. The van der Waals surface area contributed by atoms with Crippen molar-refractivity contribution < 1.29 is 33.3 Å². The van der Waals surface area contributed by atoms with Gasteiger partial charge in [-0.05, 0) is 30.8 Å². The third-order valence-electron chi connectivity index (χ3n) is 6.19. The Kier molecular flexibility index (Phi) is 29.3. The molecule has 0 radical (unpaired) electrons. The number of nitrogens with zero attached hydrogens (tertiary/aromatic N) is 1.